The van der Waals surface area contributed by atoms with Gasteiger partial charge in [0.2, 0.25) is 0 Å². The summed E-state index contributed by atoms with van der Waals surface area (Å²) in [6, 6.07) is 3.20. The molecule has 1 atom stereocenters. The Morgan fingerprint density at radius 2 is 2.00 bits per heavy atom. The molecular weight excluding hydrogens is 404 g/mol. The summed E-state index contributed by atoms with van der Waals surface area (Å²) in [6.45, 7) is 7.65. The Hall–Kier alpha value is -2.49. The minimum Gasteiger partial charge on any atom is -0.507 e. The number of Topliss-reactive ketones (excluding diaryl/α,β-unsaturated/α-hetero) is 1. The number of rotatable bonds is 5. The molecule has 0 bridgehead atoms. The SMILES string of the molecule is Cc1nn(C)c(C)c1C(O)=C1C(=O)C(=O)N(CCN2CCOCC2)C1c1cccs1. The molecule has 2 saturated heterocycles. The summed E-state index contributed by atoms with van der Waals surface area (Å²) < 4.78 is 7.05. The van der Waals surface area contributed by atoms with E-state index in [1.165, 1.54) is 11.3 Å². The van der Waals surface area contributed by atoms with Gasteiger partial charge in [-0.3, -0.25) is 19.2 Å². The van der Waals surface area contributed by atoms with Gasteiger partial charge in [-0.25, -0.2) is 0 Å². The molecule has 0 spiro atoms. The highest BCUT2D eigenvalue weighted by molar-refractivity contribution is 7.10. The summed E-state index contributed by atoms with van der Waals surface area (Å²) >= 11 is 1.47. The van der Waals surface area contributed by atoms with Gasteiger partial charge in [0, 0.05) is 43.8 Å². The van der Waals surface area contributed by atoms with Gasteiger partial charge >= 0.3 is 0 Å². The largest absolute Gasteiger partial charge is 0.507 e. The first-order chi connectivity index (χ1) is 14.4. The van der Waals surface area contributed by atoms with E-state index in [4.69, 9.17) is 4.74 Å². The average molecular weight is 431 g/mol. The number of nitrogens with zero attached hydrogens (tertiary/aromatic N) is 4. The van der Waals surface area contributed by atoms with Gasteiger partial charge in [-0.2, -0.15) is 5.10 Å². The number of thiophene rings is 1. The van der Waals surface area contributed by atoms with E-state index in [1.54, 1.807) is 23.6 Å². The van der Waals surface area contributed by atoms with Crippen LogP contribution in [0.2, 0.25) is 0 Å². The van der Waals surface area contributed by atoms with Crippen LogP contribution in [0.25, 0.3) is 5.76 Å². The van der Waals surface area contributed by atoms with Crippen molar-refractivity contribution in [3.05, 3.63) is 44.9 Å². The first kappa shape index (κ1) is 20.8. The second kappa shape index (κ2) is 8.33. The number of carbonyl (C=O) groups excluding carboxylic acids is 2. The van der Waals surface area contributed by atoms with Crippen LogP contribution in [0.1, 0.15) is 27.9 Å². The molecule has 160 valence electrons. The Morgan fingerprint density at radius 1 is 1.27 bits per heavy atom. The predicted molar refractivity (Wildman–Crippen MR) is 113 cm³/mol. The van der Waals surface area contributed by atoms with Crippen LogP contribution < -0.4 is 0 Å². The van der Waals surface area contributed by atoms with Crippen LogP contribution in [0, 0.1) is 13.8 Å². The number of aromatic nitrogens is 2. The third kappa shape index (κ3) is 3.57. The molecule has 0 saturated carbocycles. The third-order valence-electron chi connectivity index (χ3n) is 5.86. The van der Waals surface area contributed by atoms with Gasteiger partial charge in [-0.1, -0.05) is 6.07 Å². The maximum absolute atomic E-state index is 13.1. The van der Waals surface area contributed by atoms with Gasteiger partial charge in [-0.15, -0.1) is 11.3 Å². The highest BCUT2D eigenvalue weighted by Crippen LogP contribution is 2.41. The van der Waals surface area contributed by atoms with Gasteiger partial charge in [0.25, 0.3) is 11.7 Å². The zero-order valence-corrected chi connectivity index (χ0v) is 18.2. The molecule has 2 aromatic rings. The average Bonchev–Trinajstić information content (AvgIpc) is 3.41. The summed E-state index contributed by atoms with van der Waals surface area (Å²) in [5.41, 5.74) is 2.03. The number of aliphatic hydroxyl groups is 1. The normalized spacial score (nSPS) is 22.2. The fourth-order valence-corrected chi connectivity index (χ4v) is 5.02. The molecule has 30 heavy (non-hydrogen) atoms. The summed E-state index contributed by atoms with van der Waals surface area (Å²) in [6.07, 6.45) is 0. The maximum atomic E-state index is 13.1. The quantitative estimate of drug-likeness (QED) is 0.443. The number of hydrogen-bond donors (Lipinski definition) is 1. The molecule has 1 unspecified atom stereocenters. The minimum atomic E-state index is -0.643. The topological polar surface area (TPSA) is 87.9 Å². The molecule has 8 nitrogen and oxygen atoms in total. The highest BCUT2D eigenvalue weighted by atomic mass is 32.1. The Bertz CT molecular complexity index is 989. The first-order valence-electron chi connectivity index (χ1n) is 10.0. The van der Waals surface area contributed by atoms with Crippen molar-refractivity contribution < 1.29 is 19.4 Å². The molecule has 1 N–H and O–H groups in total. The van der Waals surface area contributed by atoms with Crippen molar-refractivity contribution in [1.29, 1.82) is 0 Å². The Morgan fingerprint density at radius 3 is 2.60 bits per heavy atom. The van der Waals surface area contributed by atoms with Crippen molar-refractivity contribution in [2.45, 2.75) is 19.9 Å². The van der Waals surface area contributed by atoms with Gasteiger partial charge in [0.15, 0.2) is 0 Å². The summed E-state index contributed by atoms with van der Waals surface area (Å²) in [4.78, 5) is 30.7. The fraction of sp³-hybridized carbons (Fsp3) is 0.476. The van der Waals surface area contributed by atoms with Gasteiger partial charge in [-0.05, 0) is 25.3 Å². The molecule has 4 rings (SSSR count). The van der Waals surface area contributed by atoms with Crippen LogP contribution in [0.3, 0.4) is 0 Å². The van der Waals surface area contributed by atoms with E-state index in [1.807, 2.05) is 24.4 Å². The number of aliphatic hydroxyl groups excluding tert-OH is 1. The van der Waals surface area contributed by atoms with Crippen LogP contribution in [0.4, 0.5) is 0 Å². The van der Waals surface area contributed by atoms with Crippen LogP contribution in [0.5, 0.6) is 0 Å². The Kier molecular flexibility index (Phi) is 5.77. The van der Waals surface area contributed by atoms with Crippen LogP contribution in [-0.4, -0.2) is 75.8 Å². The molecule has 2 fully saturated rings. The predicted octanol–water partition coefficient (Wildman–Crippen LogP) is 1.85. The van der Waals surface area contributed by atoms with E-state index in [0.717, 1.165) is 23.7 Å². The van der Waals surface area contributed by atoms with E-state index in [2.05, 4.69) is 10.00 Å². The number of amides is 1. The van der Waals surface area contributed by atoms with E-state index in [-0.39, 0.29) is 11.3 Å². The van der Waals surface area contributed by atoms with E-state index in [9.17, 15) is 14.7 Å². The molecular formula is C21H26N4O4S. The molecule has 2 aliphatic rings. The zero-order chi connectivity index (χ0) is 21.4. The maximum Gasteiger partial charge on any atom is 0.295 e. The highest BCUT2D eigenvalue weighted by Gasteiger charge is 2.47. The van der Waals surface area contributed by atoms with Gasteiger partial charge in [0.1, 0.15) is 5.76 Å². The lowest BCUT2D eigenvalue weighted by Gasteiger charge is -2.30. The lowest BCUT2D eigenvalue weighted by Crippen LogP contribution is -2.42. The number of ether oxygens (including phenoxy) is 1. The molecule has 2 aliphatic heterocycles. The Labute approximate surface area is 179 Å². The molecule has 0 radical (unpaired) electrons. The molecule has 2 aromatic heterocycles. The van der Waals surface area contributed by atoms with Crippen LogP contribution in [-0.2, 0) is 21.4 Å². The molecule has 0 aromatic carbocycles. The number of ketones is 1. The fourth-order valence-electron chi connectivity index (χ4n) is 4.18. The van der Waals surface area contributed by atoms with Crippen molar-refractivity contribution in [2.75, 3.05) is 39.4 Å². The van der Waals surface area contributed by atoms with Crippen molar-refractivity contribution in [2.24, 2.45) is 7.05 Å². The summed E-state index contributed by atoms with van der Waals surface area (Å²) in [5.74, 6) is -1.36. The second-order valence-electron chi connectivity index (χ2n) is 7.63. The monoisotopic (exact) mass is 430 g/mol. The van der Waals surface area contributed by atoms with Crippen molar-refractivity contribution in [1.82, 2.24) is 19.6 Å². The number of hydrogen-bond acceptors (Lipinski definition) is 7. The number of carbonyl (C=O) groups is 2. The number of morpholine rings is 1. The van der Waals surface area contributed by atoms with Gasteiger partial charge < -0.3 is 14.7 Å². The van der Waals surface area contributed by atoms with E-state index >= 15 is 0 Å². The molecule has 9 heteroatoms. The number of likely N-dealkylation sites (tertiary alicyclic amines) is 1. The third-order valence-corrected chi connectivity index (χ3v) is 6.78. The first-order valence-corrected chi connectivity index (χ1v) is 10.9. The van der Waals surface area contributed by atoms with Gasteiger partial charge in [0.05, 0.1) is 36.1 Å². The summed E-state index contributed by atoms with van der Waals surface area (Å²) in [5, 5.41) is 17.5. The lowest BCUT2D eigenvalue weighted by atomic mass is 9.99. The van der Waals surface area contributed by atoms with Crippen LogP contribution >= 0.6 is 11.3 Å². The molecule has 4 heterocycles. The van der Waals surface area contributed by atoms with E-state index < -0.39 is 17.7 Å². The molecule has 1 amide bonds. The lowest BCUT2D eigenvalue weighted by molar-refractivity contribution is -0.140. The van der Waals surface area contributed by atoms with Crippen molar-refractivity contribution >= 4 is 28.8 Å². The van der Waals surface area contributed by atoms with E-state index in [0.29, 0.717) is 37.6 Å². The second-order valence-corrected chi connectivity index (χ2v) is 8.61. The number of aryl methyl sites for hydroxylation is 2. The van der Waals surface area contributed by atoms with Crippen molar-refractivity contribution in [3.63, 3.8) is 0 Å². The van der Waals surface area contributed by atoms with Crippen LogP contribution in [0.15, 0.2) is 23.1 Å². The summed E-state index contributed by atoms with van der Waals surface area (Å²) in [7, 11) is 1.79. The minimum absolute atomic E-state index is 0.142. The zero-order valence-electron chi connectivity index (χ0n) is 17.4. The standard InChI is InChI=1S/C21H26N4O4S/c1-13-16(14(2)23(3)22-13)19(26)17-18(15-5-4-12-30-15)25(21(28)20(17)27)7-6-24-8-10-29-11-9-24/h4-5,12,18,26H,6-11H2,1-3H3. The molecule has 0 aliphatic carbocycles. The smallest absolute Gasteiger partial charge is 0.295 e. The van der Waals surface area contributed by atoms with Crippen molar-refractivity contribution in [3.8, 4) is 0 Å². The Balaban J connectivity index is 1.74.